The molecule has 0 aliphatic rings. The minimum atomic E-state index is -0.569. The number of nitrogens with one attached hydrogen (secondary N) is 1. The average molecular weight is 257 g/mol. The second kappa shape index (κ2) is 5.23. The second-order valence-corrected chi connectivity index (χ2v) is 3.97. The van der Waals surface area contributed by atoms with Gasteiger partial charge in [-0.05, 0) is 31.2 Å². The highest BCUT2D eigenvalue weighted by Gasteiger charge is 2.14. The number of nitro benzene ring substituents is 1. The number of hydrogen-bond acceptors (Lipinski definition) is 5. The van der Waals surface area contributed by atoms with Crippen molar-refractivity contribution in [3.05, 3.63) is 57.5 Å². The van der Waals surface area contributed by atoms with Crippen molar-refractivity contribution in [2.75, 3.05) is 5.32 Å². The Morgan fingerprint density at radius 1 is 1.42 bits per heavy atom. The minimum absolute atomic E-state index is 0.0457. The molecule has 0 spiro atoms. The molecule has 0 aliphatic carbocycles. The lowest BCUT2D eigenvalue weighted by molar-refractivity contribution is -0.385. The van der Waals surface area contributed by atoms with Crippen LogP contribution in [0.2, 0.25) is 0 Å². The Labute approximate surface area is 109 Å². The minimum Gasteiger partial charge on any atom is -0.465 e. The van der Waals surface area contributed by atoms with E-state index >= 15 is 0 Å². The van der Waals surface area contributed by atoms with Crippen molar-refractivity contribution in [1.29, 1.82) is 5.26 Å². The summed E-state index contributed by atoms with van der Waals surface area (Å²) in [7, 11) is 0. The summed E-state index contributed by atoms with van der Waals surface area (Å²) >= 11 is 0. The molecule has 1 heterocycles. The second-order valence-electron chi connectivity index (χ2n) is 3.97. The van der Waals surface area contributed by atoms with E-state index in [0.717, 1.165) is 11.5 Å². The molecule has 0 amide bonds. The molecule has 6 heteroatoms. The molecule has 0 unspecified atom stereocenters. The van der Waals surface area contributed by atoms with Crippen LogP contribution >= 0.6 is 0 Å². The monoisotopic (exact) mass is 257 g/mol. The first-order valence-corrected chi connectivity index (χ1v) is 5.58. The first-order valence-electron chi connectivity index (χ1n) is 5.58. The fourth-order valence-electron chi connectivity index (χ4n) is 1.66. The lowest BCUT2D eigenvalue weighted by Gasteiger charge is -2.04. The van der Waals surface area contributed by atoms with Crippen LogP contribution in [-0.2, 0) is 6.54 Å². The maximum absolute atomic E-state index is 10.8. The molecule has 1 N–H and O–H groups in total. The van der Waals surface area contributed by atoms with Crippen LogP contribution in [0.5, 0.6) is 0 Å². The summed E-state index contributed by atoms with van der Waals surface area (Å²) in [6, 6.07) is 9.86. The van der Waals surface area contributed by atoms with Crippen LogP contribution < -0.4 is 5.32 Å². The van der Waals surface area contributed by atoms with Gasteiger partial charge in [0, 0.05) is 11.8 Å². The molecule has 1 aromatic heterocycles. The Balaban J connectivity index is 2.15. The van der Waals surface area contributed by atoms with Gasteiger partial charge in [-0.1, -0.05) is 0 Å². The first kappa shape index (κ1) is 12.6. The SMILES string of the molecule is Cc1ccc(CNc2ccc(C#N)c([N+](=O)[O-])c2)o1. The summed E-state index contributed by atoms with van der Waals surface area (Å²) in [5.74, 6) is 1.55. The molecule has 0 bridgehead atoms. The molecule has 0 aliphatic heterocycles. The van der Waals surface area contributed by atoms with Gasteiger partial charge in [0.25, 0.3) is 5.69 Å². The van der Waals surface area contributed by atoms with Crippen molar-refractivity contribution < 1.29 is 9.34 Å². The number of anilines is 1. The van der Waals surface area contributed by atoms with E-state index in [-0.39, 0.29) is 11.3 Å². The maximum Gasteiger partial charge on any atom is 0.289 e. The van der Waals surface area contributed by atoms with E-state index in [1.165, 1.54) is 12.1 Å². The van der Waals surface area contributed by atoms with Crippen LogP contribution in [0.15, 0.2) is 34.7 Å². The van der Waals surface area contributed by atoms with Gasteiger partial charge in [-0.15, -0.1) is 0 Å². The number of nitriles is 1. The Morgan fingerprint density at radius 2 is 2.21 bits per heavy atom. The first-order chi connectivity index (χ1) is 9.10. The van der Waals surface area contributed by atoms with Crippen LogP contribution in [0, 0.1) is 28.4 Å². The molecule has 96 valence electrons. The number of nitrogens with zero attached hydrogens (tertiary/aromatic N) is 2. The van der Waals surface area contributed by atoms with Gasteiger partial charge in [-0.2, -0.15) is 5.26 Å². The van der Waals surface area contributed by atoms with Gasteiger partial charge in [0.1, 0.15) is 23.2 Å². The van der Waals surface area contributed by atoms with E-state index < -0.39 is 4.92 Å². The van der Waals surface area contributed by atoms with Crippen molar-refractivity contribution in [2.24, 2.45) is 0 Å². The highest BCUT2D eigenvalue weighted by molar-refractivity contribution is 5.59. The average Bonchev–Trinajstić information content (AvgIpc) is 2.81. The summed E-state index contributed by atoms with van der Waals surface area (Å²) < 4.78 is 5.38. The van der Waals surface area contributed by atoms with E-state index in [1.54, 1.807) is 12.1 Å². The third-order valence-corrected chi connectivity index (χ3v) is 2.58. The molecule has 6 nitrogen and oxygen atoms in total. The summed E-state index contributed by atoms with van der Waals surface area (Å²) in [6.07, 6.45) is 0. The fraction of sp³-hybridized carbons (Fsp3) is 0.154. The number of furan rings is 1. The molecule has 1 aromatic carbocycles. The zero-order valence-corrected chi connectivity index (χ0v) is 10.2. The van der Waals surface area contributed by atoms with Crippen LogP contribution in [0.3, 0.4) is 0 Å². The maximum atomic E-state index is 10.8. The molecule has 0 atom stereocenters. The molecule has 0 saturated carbocycles. The van der Waals surface area contributed by atoms with Gasteiger partial charge in [-0.3, -0.25) is 10.1 Å². The van der Waals surface area contributed by atoms with Gasteiger partial charge in [-0.25, -0.2) is 0 Å². The molecular formula is C13H11N3O3. The number of rotatable bonds is 4. The molecule has 19 heavy (non-hydrogen) atoms. The van der Waals surface area contributed by atoms with Gasteiger partial charge >= 0.3 is 0 Å². The van der Waals surface area contributed by atoms with Crippen LogP contribution in [0.4, 0.5) is 11.4 Å². The van der Waals surface area contributed by atoms with E-state index in [1.807, 2.05) is 19.1 Å². The number of nitro groups is 1. The molecular weight excluding hydrogens is 246 g/mol. The highest BCUT2D eigenvalue weighted by Crippen LogP contribution is 2.23. The summed E-state index contributed by atoms with van der Waals surface area (Å²) in [5.41, 5.74) is 0.410. The zero-order valence-electron chi connectivity index (χ0n) is 10.2. The lowest BCUT2D eigenvalue weighted by atomic mass is 10.2. The Morgan fingerprint density at radius 3 is 2.79 bits per heavy atom. The smallest absolute Gasteiger partial charge is 0.289 e. The van der Waals surface area contributed by atoms with Crippen molar-refractivity contribution in [1.82, 2.24) is 0 Å². The van der Waals surface area contributed by atoms with Gasteiger partial charge < -0.3 is 9.73 Å². The summed E-state index contributed by atoms with van der Waals surface area (Å²) in [5, 5.41) is 22.6. The van der Waals surface area contributed by atoms with Gasteiger partial charge in [0.2, 0.25) is 0 Å². The predicted octanol–water partition coefficient (Wildman–Crippen LogP) is 2.98. The quantitative estimate of drug-likeness (QED) is 0.671. The van der Waals surface area contributed by atoms with Gasteiger partial charge in [0.05, 0.1) is 11.5 Å². The number of benzene rings is 1. The largest absolute Gasteiger partial charge is 0.465 e. The predicted molar refractivity (Wildman–Crippen MR) is 68.6 cm³/mol. The van der Waals surface area contributed by atoms with Crippen LogP contribution in [0.25, 0.3) is 0 Å². The van der Waals surface area contributed by atoms with E-state index in [0.29, 0.717) is 12.2 Å². The summed E-state index contributed by atoms with van der Waals surface area (Å²) in [6.45, 7) is 2.27. The zero-order chi connectivity index (χ0) is 13.8. The van der Waals surface area contributed by atoms with Crippen molar-refractivity contribution in [3.63, 3.8) is 0 Å². The van der Waals surface area contributed by atoms with Crippen LogP contribution in [0.1, 0.15) is 17.1 Å². The van der Waals surface area contributed by atoms with Crippen molar-refractivity contribution in [2.45, 2.75) is 13.5 Å². The number of aryl methyl sites for hydroxylation is 1. The van der Waals surface area contributed by atoms with Crippen molar-refractivity contribution >= 4 is 11.4 Å². The molecule has 0 saturated heterocycles. The van der Waals surface area contributed by atoms with Crippen LogP contribution in [-0.4, -0.2) is 4.92 Å². The molecule has 2 rings (SSSR count). The van der Waals surface area contributed by atoms with E-state index in [2.05, 4.69) is 5.32 Å². The van der Waals surface area contributed by atoms with Crippen molar-refractivity contribution in [3.8, 4) is 6.07 Å². The highest BCUT2D eigenvalue weighted by atomic mass is 16.6. The topological polar surface area (TPSA) is 92.1 Å². The molecule has 0 fully saturated rings. The third-order valence-electron chi connectivity index (χ3n) is 2.58. The Bertz CT molecular complexity index is 655. The fourth-order valence-corrected chi connectivity index (χ4v) is 1.66. The molecule has 0 radical (unpaired) electrons. The van der Waals surface area contributed by atoms with E-state index in [4.69, 9.17) is 9.68 Å². The molecule has 2 aromatic rings. The van der Waals surface area contributed by atoms with E-state index in [9.17, 15) is 10.1 Å². The Kier molecular flexibility index (Phi) is 3.48. The lowest BCUT2D eigenvalue weighted by Crippen LogP contribution is -2.00. The standard InChI is InChI=1S/C13H11N3O3/c1-9-2-5-12(19-9)8-15-11-4-3-10(7-14)13(6-11)16(17)18/h2-6,15H,8H2,1H3. The third kappa shape index (κ3) is 2.90. The summed E-state index contributed by atoms with van der Waals surface area (Å²) in [4.78, 5) is 10.2. The Hall–Kier alpha value is -2.81. The normalized spacial score (nSPS) is 9.89. The number of hydrogen-bond donors (Lipinski definition) is 1. The van der Waals surface area contributed by atoms with Gasteiger partial charge in [0.15, 0.2) is 0 Å².